The van der Waals surface area contributed by atoms with Crippen molar-refractivity contribution in [2.75, 3.05) is 5.75 Å². The second-order valence-electron chi connectivity index (χ2n) is 6.95. The van der Waals surface area contributed by atoms with Gasteiger partial charge in [-0.3, -0.25) is 14.2 Å². The average Bonchev–Trinajstić information content (AvgIpc) is 3.52. The molecule has 1 fully saturated rings. The summed E-state index contributed by atoms with van der Waals surface area (Å²) in [6.45, 7) is 1.93. The molecule has 1 aliphatic carbocycles. The highest BCUT2D eigenvalue weighted by Gasteiger charge is 2.28. The second kappa shape index (κ2) is 7.97. The molecule has 1 N–H and O–H groups in total. The number of nitrogens with one attached hydrogen (secondary N) is 1. The Hall–Kier alpha value is -2.31. The van der Waals surface area contributed by atoms with Crippen molar-refractivity contribution in [1.82, 2.24) is 14.9 Å². The summed E-state index contributed by atoms with van der Waals surface area (Å²) in [5, 5.41) is 4.89. The summed E-state index contributed by atoms with van der Waals surface area (Å²) < 4.78 is 1.75. The van der Waals surface area contributed by atoms with Crippen LogP contribution < -0.4 is 10.9 Å². The van der Waals surface area contributed by atoms with Crippen LogP contribution in [0.5, 0.6) is 0 Å². The van der Waals surface area contributed by atoms with Crippen molar-refractivity contribution in [2.24, 2.45) is 0 Å². The third-order valence-corrected chi connectivity index (χ3v) is 5.97. The van der Waals surface area contributed by atoms with Crippen LogP contribution in [0.15, 0.2) is 58.5 Å². The molecule has 1 heterocycles. The van der Waals surface area contributed by atoms with Crippen LogP contribution in [0.2, 0.25) is 5.02 Å². The van der Waals surface area contributed by atoms with E-state index in [1.54, 1.807) is 10.6 Å². The van der Waals surface area contributed by atoms with Crippen LogP contribution in [0, 0.1) is 0 Å². The van der Waals surface area contributed by atoms with Gasteiger partial charge >= 0.3 is 0 Å². The first kappa shape index (κ1) is 19.0. The molecule has 4 rings (SSSR count). The van der Waals surface area contributed by atoms with Gasteiger partial charge in [0.2, 0.25) is 5.91 Å². The Morgan fingerprint density at radius 3 is 2.68 bits per heavy atom. The topological polar surface area (TPSA) is 64.0 Å². The highest BCUT2D eigenvalue weighted by atomic mass is 35.5. The number of hydrogen-bond acceptors (Lipinski definition) is 4. The molecule has 1 aliphatic rings. The van der Waals surface area contributed by atoms with E-state index in [1.807, 2.05) is 49.4 Å². The molecule has 1 atom stereocenters. The molecule has 1 aromatic heterocycles. The zero-order valence-corrected chi connectivity index (χ0v) is 17.0. The lowest BCUT2D eigenvalue weighted by Gasteiger charge is -2.15. The van der Waals surface area contributed by atoms with Crippen molar-refractivity contribution >= 4 is 40.2 Å². The minimum absolute atomic E-state index is 0.0226. The standard InChI is InChI=1S/C21H20ClN3O2S/c1-13(14-6-8-15(22)9-7-14)23-19(26)12-28-21-24-18-5-3-2-4-17(18)20(27)25(21)16-10-11-16/h2-9,13,16H,10-12H2,1H3,(H,23,26)/t13-/m0/s1. The minimum Gasteiger partial charge on any atom is -0.349 e. The van der Waals surface area contributed by atoms with Gasteiger partial charge < -0.3 is 5.32 Å². The minimum atomic E-state index is -0.124. The highest BCUT2D eigenvalue weighted by Crippen LogP contribution is 2.36. The monoisotopic (exact) mass is 413 g/mol. The van der Waals surface area contributed by atoms with Gasteiger partial charge in [-0.2, -0.15) is 0 Å². The van der Waals surface area contributed by atoms with Crippen LogP contribution in [-0.4, -0.2) is 21.2 Å². The Labute approximate surface area is 172 Å². The largest absolute Gasteiger partial charge is 0.349 e. The van der Waals surface area contributed by atoms with Gasteiger partial charge in [0.1, 0.15) is 0 Å². The van der Waals surface area contributed by atoms with Crippen LogP contribution in [-0.2, 0) is 4.79 Å². The number of carbonyl (C=O) groups excluding carboxylic acids is 1. The van der Waals surface area contributed by atoms with E-state index in [0.717, 1.165) is 18.4 Å². The van der Waals surface area contributed by atoms with Gasteiger partial charge in [0, 0.05) is 11.1 Å². The number of carbonyl (C=O) groups is 1. The van der Waals surface area contributed by atoms with Gasteiger partial charge in [-0.1, -0.05) is 47.6 Å². The Balaban J connectivity index is 1.49. The lowest BCUT2D eigenvalue weighted by molar-refractivity contribution is -0.119. The maximum absolute atomic E-state index is 12.9. The normalized spacial score (nSPS) is 14.8. The summed E-state index contributed by atoms with van der Waals surface area (Å²) in [7, 11) is 0. The fraction of sp³-hybridized carbons (Fsp3) is 0.286. The zero-order valence-electron chi connectivity index (χ0n) is 15.4. The Bertz CT molecular complexity index is 1080. The first-order chi connectivity index (χ1) is 13.5. The number of hydrogen-bond donors (Lipinski definition) is 1. The number of thioether (sulfide) groups is 1. The maximum atomic E-state index is 12.9. The van der Waals surface area contributed by atoms with E-state index in [0.29, 0.717) is 21.1 Å². The Kier molecular flexibility index (Phi) is 5.42. The maximum Gasteiger partial charge on any atom is 0.262 e. The lowest BCUT2D eigenvalue weighted by Crippen LogP contribution is -2.29. The molecule has 5 nitrogen and oxygen atoms in total. The molecule has 1 amide bonds. The fourth-order valence-corrected chi connectivity index (χ4v) is 4.13. The zero-order chi connectivity index (χ0) is 19.7. The van der Waals surface area contributed by atoms with Gasteiger partial charge in [-0.15, -0.1) is 0 Å². The van der Waals surface area contributed by atoms with Crippen LogP contribution in [0.25, 0.3) is 10.9 Å². The summed E-state index contributed by atoms with van der Waals surface area (Å²) in [6.07, 6.45) is 1.96. The number of nitrogens with zero attached hydrogens (tertiary/aromatic N) is 2. The first-order valence-corrected chi connectivity index (χ1v) is 10.6. The molecular formula is C21H20ClN3O2S. The van der Waals surface area contributed by atoms with E-state index in [1.165, 1.54) is 11.8 Å². The van der Waals surface area contributed by atoms with Crippen molar-refractivity contribution in [3.63, 3.8) is 0 Å². The number of fused-ring (bicyclic) bond motifs is 1. The number of para-hydroxylation sites is 1. The summed E-state index contributed by atoms with van der Waals surface area (Å²) in [5.41, 5.74) is 1.63. The number of benzene rings is 2. The van der Waals surface area contributed by atoms with Crippen LogP contribution in [0.4, 0.5) is 0 Å². The van der Waals surface area contributed by atoms with Crippen LogP contribution in [0.3, 0.4) is 0 Å². The molecule has 3 aromatic rings. The SMILES string of the molecule is C[C@H](NC(=O)CSc1nc2ccccc2c(=O)n1C1CC1)c1ccc(Cl)cc1. The molecular weight excluding hydrogens is 394 g/mol. The molecule has 7 heteroatoms. The van der Waals surface area contributed by atoms with Crippen molar-refractivity contribution < 1.29 is 4.79 Å². The molecule has 0 spiro atoms. The molecule has 0 bridgehead atoms. The number of aromatic nitrogens is 2. The smallest absolute Gasteiger partial charge is 0.262 e. The lowest BCUT2D eigenvalue weighted by atomic mass is 10.1. The third kappa shape index (κ3) is 4.08. The molecule has 0 radical (unpaired) electrons. The summed E-state index contributed by atoms with van der Waals surface area (Å²) >= 11 is 7.22. The summed E-state index contributed by atoms with van der Waals surface area (Å²) in [6, 6.07) is 14.8. The van der Waals surface area contributed by atoms with Crippen molar-refractivity contribution in [3.05, 3.63) is 69.5 Å². The van der Waals surface area contributed by atoms with Gasteiger partial charge in [0.25, 0.3) is 5.56 Å². The van der Waals surface area contributed by atoms with Crippen molar-refractivity contribution in [1.29, 1.82) is 0 Å². The number of rotatable bonds is 6. The first-order valence-electron chi connectivity index (χ1n) is 9.22. The molecule has 144 valence electrons. The van der Waals surface area contributed by atoms with Gasteiger partial charge in [0.15, 0.2) is 5.16 Å². The van der Waals surface area contributed by atoms with Gasteiger partial charge in [0.05, 0.1) is 22.7 Å². The molecule has 28 heavy (non-hydrogen) atoms. The van der Waals surface area contributed by atoms with Crippen LogP contribution in [0.1, 0.15) is 37.4 Å². The van der Waals surface area contributed by atoms with E-state index in [-0.39, 0.29) is 29.3 Å². The molecule has 0 unspecified atom stereocenters. The van der Waals surface area contributed by atoms with E-state index in [2.05, 4.69) is 10.3 Å². The van der Waals surface area contributed by atoms with Crippen LogP contribution >= 0.6 is 23.4 Å². The van der Waals surface area contributed by atoms with Crippen molar-refractivity contribution in [3.8, 4) is 0 Å². The summed E-state index contributed by atoms with van der Waals surface area (Å²) in [5.74, 6) is 0.104. The predicted molar refractivity (Wildman–Crippen MR) is 113 cm³/mol. The molecule has 0 aliphatic heterocycles. The quantitative estimate of drug-likeness (QED) is 0.482. The van der Waals surface area contributed by atoms with E-state index in [4.69, 9.17) is 11.6 Å². The molecule has 2 aromatic carbocycles. The predicted octanol–water partition coefficient (Wildman–Crippen LogP) is 4.35. The fourth-order valence-electron chi connectivity index (χ4n) is 3.13. The van der Waals surface area contributed by atoms with E-state index >= 15 is 0 Å². The van der Waals surface area contributed by atoms with Gasteiger partial charge in [-0.25, -0.2) is 4.98 Å². The van der Waals surface area contributed by atoms with E-state index < -0.39 is 0 Å². The van der Waals surface area contributed by atoms with Gasteiger partial charge in [-0.05, 0) is 49.6 Å². The summed E-state index contributed by atoms with van der Waals surface area (Å²) in [4.78, 5) is 30.0. The van der Waals surface area contributed by atoms with Crippen molar-refractivity contribution in [2.45, 2.75) is 37.0 Å². The third-order valence-electron chi connectivity index (χ3n) is 4.77. The second-order valence-corrected chi connectivity index (χ2v) is 8.33. The molecule has 0 saturated heterocycles. The highest BCUT2D eigenvalue weighted by molar-refractivity contribution is 7.99. The number of halogens is 1. The van der Waals surface area contributed by atoms with E-state index in [9.17, 15) is 9.59 Å². The molecule has 1 saturated carbocycles. The average molecular weight is 414 g/mol. The number of amides is 1. The Morgan fingerprint density at radius 2 is 1.96 bits per heavy atom. The Morgan fingerprint density at radius 1 is 1.25 bits per heavy atom.